The van der Waals surface area contributed by atoms with E-state index in [2.05, 4.69) is 50.2 Å². The lowest BCUT2D eigenvalue weighted by Gasteiger charge is -2.46. The molecule has 2 unspecified atom stereocenters. The first-order valence-corrected chi connectivity index (χ1v) is 12.8. The number of nitriles is 1. The van der Waals surface area contributed by atoms with E-state index in [1.807, 2.05) is 0 Å². The van der Waals surface area contributed by atoms with Gasteiger partial charge in [-0.25, -0.2) is 0 Å². The molecule has 1 amide bonds. The maximum Gasteiger partial charge on any atom is 0.217 e. The highest BCUT2D eigenvalue weighted by Crippen LogP contribution is 2.39. The molecule has 1 fully saturated rings. The standard InChI is InChI=1S/C20H31ClN4O2Si/c1-13(26)24-16-7-8-25(12-18(16)27-28(5,6)20(2,3)4)17-10-14(11-22)9-15(23)19(17)21/h9-10,16,18H,7-8,12,23H2,1-6H3,(H,24,26). The summed E-state index contributed by atoms with van der Waals surface area (Å²) in [5.41, 5.74) is 7.60. The average Bonchev–Trinajstić information content (AvgIpc) is 2.57. The molecule has 0 aromatic heterocycles. The number of amides is 1. The molecule has 1 aromatic rings. The van der Waals surface area contributed by atoms with Gasteiger partial charge in [0, 0.05) is 20.0 Å². The van der Waals surface area contributed by atoms with Gasteiger partial charge in [-0.1, -0.05) is 32.4 Å². The number of hydrogen-bond donors (Lipinski definition) is 2. The van der Waals surface area contributed by atoms with Crippen LogP contribution in [0.4, 0.5) is 11.4 Å². The normalized spacial score (nSPS) is 20.6. The Morgan fingerprint density at radius 2 is 2.07 bits per heavy atom. The summed E-state index contributed by atoms with van der Waals surface area (Å²) in [5, 5.41) is 12.8. The van der Waals surface area contributed by atoms with Gasteiger partial charge in [-0.05, 0) is 36.7 Å². The minimum atomic E-state index is -2.05. The summed E-state index contributed by atoms with van der Waals surface area (Å²) in [6.07, 6.45) is 0.563. The number of hydrogen-bond acceptors (Lipinski definition) is 5. The molecule has 1 aliphatic rings. The first-order valence-electron chi connectivity index (χ1n) is 9.54. The highest BCUT2D eigenvalue weighted by molar-refractivity contribution is 6.74. The molecular formula is C20H31ClN4O2Si. The van der Waals surface area contributed by atoms with Crippen LogP contribution >= 0.6 is 11.6 Å². The number of carbonyl (C=O) groups is 1. The number of nitrogens with two attached hydrogens (primary N) is 1. The average molecular weight is 423 g/mol. The molecule has 1 heterocycles. The smallest absolute Gasteiger partial charge is 0.217 e. The summed E-state index contributed by atoms with van der Waals surface area (Å²) in [4.78, 5) is 13.8. The zero-order valence-corrected chi connectivity index (χ0v) is 19.4. The fourth-order valence-corrected chi connectivity index (χ4v) is 4.74. The maximum atomic E-state index is 11.7. The van der Waals surface area contributed by atoms with Crippen LogP contribution in [0.25, 0.3) is 0 Å². The summed E-state index contributed by atoms with van der Waals surface area (Å²) in [6, 6.07) is 5.42. The Labute approximate surface area is 174 Å². The van der Waals surface area contributed by atoms with Crippen molar-refractivity contribution in [3.63, 3.8) is 0 Å². The molecule has 0 spiro atoms. The zero-order chi connectivity index (χ0) is 21.3. The van der Waals surface area contributed by atoms with Crippen LogP contribution < -0.4 is 16.0 Å². The third kappa shape index (κ3) is 4.99. The van der Waals surface area contributed by atoms with E-state index in [1.54, 1.807) is 12.1 Å². The van der Waals surface area contributed by atoms with Crippen molar-refractivity contribution in [1.82, 2.24) is 5.32 Å². The molecule has 3 N–H and O–H groups in total. The van der Waals surface area contributed by atoms with Crippen molar-refractivity contribution in [2.24, 2.45) is 0 Å². The number of benzene rings is 1. The molecule has 1 saturated heterocycles. The Hall–Kier alpha value is -1.75. The second-order valence-electron chi connectivity index (χ2n) is 8.97. The molecule has 0 aliphatic carbocycles. The van der Waals surface area contributed by atoms with Gasteiger partial charge in [-0.15, -0.1) is 0 Å². The molecule has 2 atom stereocenters. The van der Waals surface area contributed by atoms with Crippen LogP contribution in [0.2, 0.25) is 23.2 Å². The van der Waals surface area contributed by atoms with Gasteiger partial charge in [0.2, 0.25) is 5.91 Å². The summed E-state index contributed by atoms with van der Waals surface area (Å²) in [7, 11) is -2.05. The number of rotatable bonds is 4. The third-order valence-electron chi connectivity index (χ3n) is 5.75. The molecule has 1 aromatic carbocycles. The van der Waals surface area contributed by atoms with E-state index in [0.29, 0.717) is 29.4 Å². The van der Waals surface area contributed by atoms with E-state index in [-0.39, 0.29) is 23.1 Å². The van der Waals surface area contributed by atoms with Crippen molar-refractivity contribution in [1.29, 1.82) is 5.26 Å². The topological polar surface area (TPSA) is 91.4 Å². The van der Waals surface area contributed by atoms with Gasteiger partial charge in [0.25, 0.3) is 0 Å². The minimum absolute atomic E-state index is 0.0544. The SMILES string of the molecule is CC(=O)NC1CCN(c2cc(C#N)cc(N)c2Cl)CC1O[Si](C)(C)C(C)(C)C. The predicted octanol–water partition coefficient (Wildman–Crippen LogP) is 3.90. The largest absolute Gasteiger partial charge is 0.410 e. The van der Waals surface area contributed by atoms with Crippen molar-refractivity contribution in [2.45, 2.75) is 64.4 Å². The fraction of sp³-hybridized carbons (Fsp3) is 0.600. The molecule has 154 valence electrons. The van der Waals surface area contributed by atoms with E-state index in [1.165, 1.54) is 6.92 Å². The van der Waals surface area contributed by atoms with Crippen molar-refractivity contribution in [3.05, 3.63) is 22.7 Å². The minimum Gasteiger partial charge on any atom is -0.410 e. The number of nitrogens with one attached hydrogen (secondary N) is 1. The molecule has 2 rings (SSSR count). The van der Waals surface area contributed by atoms with Crippen molar-refractivity contribution >= 4 is 37.2 Å². The molecular weight excluding hydrogens is 392 g/mol. The second-order valence-corrected chi connectivity index (χ2v) is 14.1. The lowest BCUT2D eigenvalue weighted by molar-refractivity contribution is -0.120. The lowest BCUT2D eigenvalue weighted by Crippen LogP contribution is -2.59. The molecule has 0 saturated carbocycles. The predicted molar refractivity (Wildman–Crippen MR) is 117 cm³/mol. The number of carbonyl (C=O) groups excluding carboxylic acids is 1. The van der Waals surface area contributed by atoms with Gasteiger partial charge in [0.15, 0.2) is 8.32 Å². The number of piperidine rings is 1. The Morgan fingerprint density at radius 3 is 2.61 bits per heavy atom. The molecule has 0 bridgehead atoms. The lowest BCUT2D eigenvalue weighted by atomic mass is 10.0. The number of halogens is 1. The van der Waals surface area contributed by atoms with Gasteiger partial charge < -0.3 is 20.4 Å². The maximum absolute atomic E-state index is 11.7. The van der Waals surface area contributed by atoms with Gasteiger partial charge in [0.05, 0.1) is 40.2 Å². The summed E-state index contributed by atoms with van der Waals surface area (Å²) >= 11 is 6.45. The van der Waals surface area contributed by atoms with E-state index in [0.717, 1.165) is 12.1 Å². The van der Waals surface area contributed by atoms with Crippen molar-refractivity contribution in [3.8, 4) is 6.07 Å². The van der Waals surface area contributed by atoms with E-state index in [4.69, 9.17) is 21.8 Å². The number of nitrogens with zero attached hydrogens (tertiary/aromatic N) is 2. The van der Waals surface area contributed by atoms with Crippen LogP contribution in [0, 0.1) is 11.3 Å². The van der Waals surface area contributed by atoms with Gasteiger partial charge in [0.1, 0.15) is 0 Å². The van der Waals surface area contributed by atoms with E-state index in [9.17, 15) is 10.1 Å². The summed E-state index contributed by atoms with van der Waals surface area (Å²) < 4.78 is 6.68. The molecule has 1 aliphatic heterocycles. The first-order chi connectivity index (χ1) is 12.9. The molecule has 6 nitrogen and oxygen atoms in total. The Kier molecular flexibility index (Phi) is 6.69. The van der Waals surface area contributed by atoms with E-state index >= 15 is 0 Å². The Balaban J connectivity index is 2.34. The molecule has 28 heavy (non-hydrogen) atoms. The van der Waals surface area contributed by atoms with Crippen LogP contribution in [-0.2, 0) is 9.22 Å². The summed E-state index contributed by atoms with van der Waals surface area (Å²) in [6.45, 7) is 13.8. The molecule has 0 radical (unpaired) electrons. The third-order valence-corrected chi connectivity index (χ3v) is 10.7. The van der Waals surface area contributed by atoms with Crippen LogP contribution in [0.3, 0.4) is 0 Å². The van der Waals surface area contributed by atoms with Crippen LogP contribution in [-0.4, -0.2) is 39.5 Å². The Bertz CT molecular complexity index is 786. The highest BCUT2D eigenvalue weighted by Gasteiger charge is 2.42. The van der Waals surface area contributed by atoms with Gasteiger partial charge >= 0.3 is 0 Å². The highest BCUT2D eigenvalue weighted by atomic mass is 35.5. The monoisotopic (exact) mass is 422 g/mol. The second kappa shape index (κ2) is 8.32. The number of anilines is 2. The van der Waals surface area contributed by atoms with E-state index < -0.39 is 8.32 Å². The van der Waals surface area contributed by atoms with Crippen LogP contribution in [0.15, 0.2) is 12.1 Å². The quantitative estimate of drug-likeness (QED) is 0.567. The Morgan fingerprint density at radius 1 is 1.43 bits per heavy atom. The fourth-order valence-electron chi connectivity index (χ4n) is 3.16. The van der Waals surface area contributed by atoms with Crippen LogP contribution in [0.1, 0.15) is 39.7 Å². The first kappa shape index (κ1) is 22.5. The van der Waals surface area contributed by atoms with Crippen molar-refractivity contribution in [2.75, 3.05) is 23.7 Å². The van der Waals surface area contributed by atoms with Gasteiger partial charge in [-0.2, -0.15) is 5.26 Å². The van der Waals surface area contributed by atoms with Crippen molar-refractivity contribution < 1.29 is 9.22 Å². The van der Waals surface area contributed by atoms with Gasteiger partial charge in [-0.3, -0.25) is 4.79 Å². The zero-order valence-electron chi connectivity index (χ0n) is 17.6. The number of nitrogen functional groups attached to an aromatic ring is 1. The molecule has 8 heteroatoms. The van der Waals surface area contributed by atoms with Crippen LogP contribution in [0.5, 0.6) is 0 Å². The summed E-state index contributed by atoms with van der Waals surface area (Å²) in [5.74, 6) is -0.0592.